The maximum Gasteiger partial charge on any atom is 0.243 e. The SMILES string of the molecule is CN(C)C1CCN(c2ccc(Nc3ncc4c(n3)N3C(C4)C(=O)NCC34CCCCC4)nn2)CC1. The Bertz CT molecular complexity index is 1070. The Balaban J connectivity index is 1.18. The van der Waals surface area contributed by atoms with Crippen molar-refractivity contribution in [1.29, 1.82) is 0 Å². The maximum atomic E-state index is 12.7. The molecule has 2 N–H and O–H groups in total. The summed E-state index contributed by atoms with van der Waals surface area (Å²) in [7, 11) is 4.30. The first-order valence-electron chi connectivity index (χ1n) is 13.0. The minimum Gasteiger partial charge on any atom is -0.355 e. The van der Waals surface area contributed by atoms with Crippen molar-refractivity contribution in [2.75, 3.05) is 48.8 Å². The van der Waals surface area contributed by atoms with Gasteiger partial charge in [0.1, 0.15) is 11.9 Å². The van der Waals surface area contributed by atoms with Crippen LogP contribution in [0.5, 0.6) is 0 Å². The lowest BCUT2D eigenvalue weighted by Crippen LogP contribution is -2.67. The van der Waals surface area contributed by atoms with Crippen LogP contribution in [0.2, 0.25) is 0 Å². The molecule has 1 spiro atoms. The number of hydrogen-bond donors (Lipinski definition) is 2. The van der Waals surface area contributed by atoms with Crippen LogP contribution >= 0.6 is 0 Å². The van der Waals surface area contributed by atoms with Gasteiger partial charge in [0.2, 0.25) is 11.9 Å². The van der Waals surface area contributed by atoms with Crippen LogP contribution in [-0.4, -0.2) is 82.3 Å². The van der Waals surface area contributed by atoms with Crippen LogP contribution < -0.4 is 20.4 Å². The van der Waals surface area contributed by atoms with Crippen molar-refractivity contribution in [2.45, 2.75) is 69.0 Å². The summed E-state index contributed by atoms with van der Waals surface area (Å²) in [6, 6.07) is 4.41. The number of anilines is 4. The molecule has 1 amide bonds. The van der Waals surface area contributed by atoms with Crippen molar-refractivity contribution in [3.63, 3.8) is 0 Å². The van der Waals surface area contributed by atoms with E-state index in [2.05, 4.69) is 54.6 Å². The molecule has 4 aliphatic rings. The van der Waals surface area contributed by atoms with E-state index in [1.165, 1.54) is 19.3 Å². The number of fused-ring (bicyclic) bond motifs is 4. The third kappa shape index (κ3) is 4.07. The predicted octanol–water partition coefficient (Wildman–Crippen LogP) is 2.10. The van der Waals surface area contributed by atoms with Gasteiger partial charge in [-0.1, -0.05) is 19.3 Å². The average Bonchev–Trinajstić information content (AvgIpc) is 3.28. The van der Waals surface area contributed by atoms with Crippen molar-refractivity contribution in [2.24, 2.45) is 0 Å². The number of piperidine rings is 1. The molecule has 3 fully saturated rings. The second-order valence-corrected chi connectivity index (χ2v) is 10.7. The van der Waals surface area contributed by atoms with Crippen LogP contribution in [0.15, 0.2) is 18.3 Å². The second kappa shape index (κ2) is 8.89. The summed E-state index contributed by atoms with van der Waals surface area (Å²) in [4.78, 5) is 29.1. The molecule has 3 aliphatic heterocycles. The third-order valence-electron chi connectivity index (χ3n) is 8.39. The molecule has 0 aromatic carbocycles. The Morgan fingerprint density at radius 2 is 1.91 bits per heavy atom. The van der Waals surface area contributed by atoms with Gasteiger partial charge in [-0.2, -0.15) is 4.98 Å². The van der Waals surface area contributed by atoms with Crippen LogP contribution in [0, 0.1) is 0 Å². The van der Waals surface area contributed by atoms with Gasteiger partial charge in [-0.05, 0) is 51.9 Å². The maximum absolute atomic E-state index is 12.7. The van der Waals surface area contributed by atoms with E-state index < -0.39 is 0 Å². The summed E-state index contributed by atoms with van der Waals surface area (Å²) < 4.78 is 0. The monoisotopic (exact) mass is 477 g/mol. The zero-order valence-electron chi connectivity index (χ0n) is 20.7. The Hall–Kier alpha value is -3.01. The van der Waals surface area contributed by atoms with Gasteiger partial charge in [0.25, 0.3) is 0 Å². The molecule has 1 saturated carbocycles. The number of hydrogen-bond acceptors (Lipinski definition) is 9. The largest absolute Gasteiger partial charge is 0.355 e. The summed E-state index contributed by atoms with van der Waals surface area (Å²) in [5.41, 5.74) is 1.01. The van der Waals surface area contributed by atoms with Gasteiger partial charge in [0.05, 0.1) is 5.54 Å². The molecule has 186 valence electrons. The Kier molecular flexibility index (Phi) is 5.70. The predicted molar refractivity (Wildman–Crippen MR) is 135 cm³/mol. The molecule has 10 heteroatoms. The zero-order chi connectivity index (χ0) is 24.0. The quantitative estimate of drug-likeness (QED) is 0.685. The molecule has 6 rings (SSSR count). The van der Waals surface area contributed by atoms with Gasteiger partial charge in [0, 0.05) is 43.9 Å². The van der Waals surface area contributed by atoms with E-state index in [0.29, 0.717) is 30.8 Å². The number of rotatable bonds is 4. The Morgan fingerprint density at radius 1 is 1.11 bits per heavy atom. The number of piperazine rings is 1. The average molecular weight is 478 g/mol. The fourth-order valence-corrected chi connectivity index (χ4v) is 6.39. The third-order valence-corrected chi connectivity index (χ3v) is 8.39. The van der Waals surface area contributed by atoms with Gasteiger partial charge in [-0.25, -0.2) is 4.98 Å². The summed E-state index contributed by atoms with van der Waals surface area (Å²) >= 11 is 0. The van der Waals surface area contributed by atoms with E-state index in [0.717, 1.165) is 56.0 Å². The van der Waals surface area contributed by atoms with Gasteiger partial charge in [-0.3, -0.25) is 4.79 Å². The normalized spacial score (nSPS) is 23.9. The number of carbonyl (C=O) groups excluding carboxylic acids is 1. The van der Waals surface area contributed by atoms with Crippen molar-refractivity contribution in [3.05, 3.63) is 23.9 Å². The molecular weight excluding hydrogens is 442 g/mol. The number of carbonyl (C=O) groups is 1. The fraction of sp³-hybridized carbons (Fsp3) is 0.640. The minimum absolute atomic E-state index is 0.0326. The first-order chi connectivity index (χ1) is 17.0. The number of nitrogens with zero attached hydrogens (tertiary/aromatic N) is 7. The van der Waals surface area contributed by atoms with Crippen LogP contribution in [0.3, 0.4) is 0 Å². The summed E-state index contributed by atoms with van der Waals surface area (Å²) in [5, 5.41) is 15.3. The van der Waals surface area contributed by atoms with Crippen LogP contribution in [-0.2, 0) is 11.2 Å². The highest BCUT2D eigenvalue weighted by molar-refractivity contribution is 5.90. The molecule has 0 radical (unpaired) electrons. The number of amides is 1. The molecule has 5 heterocycles. The molecule has 2 aromatic heterocycles. The van der Waals surface area contributed by atoms with Crippen molar-refractivity contribution < 1.29 is 4.79 Å². The van der Waals surface area contributed by atoms with Crippen LogP contribution in [0.25, 0.3) is 0 Å². The number of aromatic nitrogens is 4. The highest BCUT2D eigenvalue weighted by atomic mass is 16.2. The van der Waals surface area contributed by atoms with Gasteiger partial charge in [0.15, 0.2) is 11.6 Å². The zero-order valence-corrected chi connectivity index (χ0v) is 20.7. The minimum atomic E-state index is -0.183. The first-order valence-corrected chi connectivity index (χ1v) is 13.0. The van der Waals surface area contributed by atoms with E-state index in [1.54, 1.807) is 0 Å². The van der Waals surface area contributed by atoms with Crippen molar-refractivity contribution in [3.8, 4) is 0 Å². The standard InChI is InChI=1S/C25H35N9O/c1-32(2)18-8-12-33(13-9-18)21-7-6-20(30-31-21)28-24-26-15-17-14-19-23(35)27-16-25(10-4-3-5-11-25)34(19)22(17)29-24/h6-7,15,18-19H,3-5,8-14,16H2,1-2H3,(H,27,35)(H,26,28,29,30). The molecule has 1 atom stereocenters. The lowest BCUT2D eigenvalue weighted by atomic mass is 9.78. The van der Waals surface area contributed by atoms with E-state index in [1.807, 2.05) is 18.3 Å². The van der Waals surface area contributed by atoms with Gasteiger partial charge >= 0.3 is 0 Å². The topological polar surface area (TPSA) is 102 Å². The highest BCUT2D eigenvalue weighted by Gasteiger charge is 2.51. The van der Waals surface area contributed by atoms with Crippen LogP contribution in [0.4, 0.5) is 23.4 Å². The summed E-state index contributed by atoms with van der Waals surface area (Å²) in [6.07, 6.45) is 10.6. The first kappa shape index (κ1) is 22.5. The highest BCUT2D eigenvalue weighted by Crippen LogP contribution is 2.44. The van der Waals surface area contributed by atoms with E-state index in [9.17, 15) is 4.79 Å². The lowest BCUT2D eigenvalue weighted by Gasteiger charge is -2.51. The Labute approximate surface area is 206 Å². The smallest absolute Gasteiger partial charge is 0.243 e. The molecule has 0 bridgehead atoms. The van der Waals surface area contributed by atoms with Gasteiger partial charge < -0.3 is 25.3 Å². The van der Waals surface area contributed by atoms with Gasteiger partial charge in [-0.15, -0.1) is 10.2 Å². The lowest BCUT2D eigenvalue weighted by molar-refractivity contribution is -0.124. The number of nitrogens with one attached hydrogen (secondary N) is 2. The van der Waals surface area contributed by atoms with E-state index >= 15 is 0 Å². The van der Waals surface area contributed by atoms with E-state index in [-0.39, 0.29) is 17.5 Å². The fourth-order valence-electron chi connectivity index (χ4n) is 6.39. The molecule has 35 heavy (non-hydrogen) atoms. The molecular formula is C25H35N9O. The molecule has 2 saturated heterocycles. The second-order valence-electron chi connectivity index (χ2n) is 10.7. The van der Waals surface area contributed by atoms with E-state index in [4.69, 9.17) is 4.98 Å². The van der Waals surface area contributed by atoms with Crippen molar-refractivity contribution >= 4 is 29.3 Å². The molecule has 2 aromatic rings. The molecule has 1 unspecified atom stereocenters. The van der Waals surface area contributed by atoms with Crippen molar-refractivity contribution in [1.82, 2.24) is 30.4 Å². The van der Waals surface area contributed by atoms with Crippen LogP contribution in [0.1, 0.15) is 50.5 Å². The molecule has 10 nitrogen and oxygen atoms in total. The Morgan fingerprint density at radius 3 is 2.63 bits per heavy atom. The summed E-state index contributed by atoms with van der Waals surface area (Å²) in [5.74, 6) is 3.02. The summed E-state index contributed by atoms with van der Waals surface area (Å²) in [6.45, 7) is 2.68. The molecule has 1 aliphatic carbocycles.